The molecule has 8 aromatic rings. The maximum atomic E-state index is 4.86. The van der Waals surface area contributed by atoms with Gasteiger partial charge in [0.25, 0.3) is 0 Å². The first-order valence-corrected chi connectivity index (χ1v) is 14.2. The fourth-order valence-electron chi connectivity index (χ4n) is 7.20. The molecule has 0 saturated carbocycles. The summed E-state index contributed by atoms with van der Waals surface area (Å²) in [5.74, 6) is 0. The van der Waals surface area contributed by atoms with Crippen molar-refractivity contribution in [3.63, 3.8) is 0 Å². The summed E-state index contributed by atoms with van der Waals surface area (Å²) in [5, 5.41) is 5.02. The van der Waals surface area contributed by atoms with Gasteiger partial charge in [-0.3, -0.25) is 4.57 Å². The third kappa shape index (κ3) is 2.95. The zero-order valence-corrected chi connectivity index (χ0v) is 23.0. The van der Waals surface area contributed by atoms with Crippen LogP contribution in [0, 0.1) is 0 Å². The number of para-hydroxylation sites is 3. The maximum absolute atomic E-state index is 4.86. The van der Waals surface area contributed by atoms with Crippen molar-refractivity contribution in [1.82, 2.24) is 14.1 Å². The first-order chi connectivity index (χ1) is 20.1. The zero-order chi connectivity index (χ0) is 27.3. The summed E-state index contributed by atoms with van der Waals surface area (Å²) in [6, 6.07) is 44.2. The lowest BCUT2D eigenvalue weighted by atomic mass is 9.74. The molecule has 0 fully saturated rings. The number of pyridine rings is 1. The van der Waals surface area contributed by atoms with Gasteiger partial charge in [0.1, 0.15) is 5.65 Å². The average Bonchev–Trinajstić information content (AvgIpc) is 3.53. The molecular weight excluding hydrogens is 498 g/mol. The Hall–Kier alpha value is -5.15. The number of hydrogen-bond acceptors (Lipinski definition) is 1. The quantitative estimate of drug-likeness (QED) is 0.220. The fraction of sp³-hybridized carbons (Fsp3) is 0.0789. The minimum absolute atomic E-state index is 0.141. The zero-order valence-electron chi connectivity index (χ0n) is 23.0. The van der Waals surface area contributed by atoms with E-state index in [-0.39, 0.29) is 5.41 Å². The Labute approximate surface area is 237 Å². The van der Waals surface area contributed by atoms with Gasteiger partial charge in [-0.25, -0.2) is 4.98 Å². The Kier molecular flexibility index (Phi) is 4.39. The van der Waals surface area contributed by atoms with E-state index in [4.69, 9.17) is 4.98 Å². The van der Waals surface area contributed by atoms with E-state index in [1.807, 2.05) is 12.3 Å². The van der Waals surface area contributed by atoms with Crippen LogP contribution in [0.3, 0.4) is 0 Å². The van der Waals surface area contributed by atoms with E-state index in [2.05, 4.69) is 138 Å². The second-order valence-electron chi connectivity index (χ2n) is 11.7. The summed E-state index contributed by atoms with van der Waals surface area (Å²) in [4.78, 5) is 4.86. The van der Waals surface area contributed by atoms with Crippen LogP contribution >= 0.6 is 0 Å². The van der Waals surface area contributed by atoms with Gasteiger partial charge < -0.3 is 4.57 Å². The highest BCUT2D eigenvalue weighted by atomic mass is 15.1. The highest BCUT2D eigenvalue weighted by Gasteiger charge is 2.35. The molecule has 0 unspecified atom stereocenters. The molecule has 0 atom stereocenters. The Balaban J connectivity index is 1.27. The third-order valence-electron chi connectivity index (χ3n) is 9.15. The number of nitrogens with zero attached hydrogens (tertiary/aromatic N) is 3. The maximum Gasteiger partial charge on any atom is 0.145 e. The average molecular weight is 526 g/mol. The van der Waals surface area contributed by atoms with Crippen molar-refractivity contribution in [2.75, 3.05) is 0 Å². The van der Waals surface area contributed by atoms with Crippen molar-refractivity contribution >= 4 is 43.7 Å². The van der Waals surface area contributed by atoms with E-state index in [1.54, 1.807) is 0 Å². The molecule has 3 nitrogen and oxygen atoms in total. The summed E-state index contributed by atoms with van der Waals surface area (Å²) in [6.45, 7) is 4.70. The smallest absolute Gasteiger partial charge is 0.145 e. The van der Waals surface area contributed by atoms with Crippen LogP contribution < -0.4 is 0 Å². The van der Waals surface area contributed by atoms with Crippen LogP contribution in [0.25, 0.3) is 66.2 Å². The van der Waals surface area contributed by atoms with Gasteiger partial charge in [-0.1, -0.05) is 80.6 Å². The van der Waals surface area contributed by atoms with E-state index in [0.29, 0.717) is 0 Å². The van der Waals surface area contributed by atoms with Gasteiger partial charge in [-0.2, -0.15) is 0 Å². The van der Waals surface area contributed by atoms with Crippen LogP contribution in [0.5, 0.6) is 0 Å². The van der Waals surface area contributed by atoms with Crippen molar-refractivity contribution in [3.05, 3.63) is 139 Å². The van der Waals surface area contributed by atoms with Crippen LogP contribution in [-0.2, 0) is 5.41 Å². The van der Waals surface area contributed by atoms with E-state index >= 15 is 0 Å². The van der Waals surface area contributed by atoms with Crippen molar-refractivity contribution in [1.29, 1.82) is 0 Å². The molecule has 0 bridgehead atoms. The summed E-state index contributed by atoms with van der Waals surface area (Å²) in [7, 11) is 0. The van der Waals surface area contributed by atoms with Crippen LogP contribution in [0.15, 0.2) is 128 Å². The van der Waals surface area contributed by atoms with Crippen molar-refractivity contribution < 1.29 is 0 Å². The Morgan fingerprint density at radius 3 is 1.95 bits per heavy atom. The number of hydrogen-bond donors (Lipinski definition) is 0. The van der Waals surface area contributed by atoms with E-state index in [0.717, 1.165) is 5.65 Å². The SMILES string of the molecule is CC1(C)c2ccccc2-n2c3ncccc3c3cc(-c4ccc(-n5c6ccccc6c6ccccc65)cc4)cc1c32. The largest absolute Gasteiger partial charge is 0.309 e. The number of fused-ring (bicyclic) bond motifs is 8. The van der Waals surface area contributed by atoms with Gasteiger partial charge in [-0.15, -0.1) is 0 Å². The molecule has 0 saturated heterocycles. The van der Waals surface area contributed by atoms with E-state index < -0.39 is 0 Å². The lowest BCUT2D eigenvalue weighted by molar-refractivity contribution is 0.630. The number of rotatable bonds is 2. The normalized spacial score (nSPS) is 13.8. The van der Waals surface area contributed by atoms with Gasteiger partial charge in [0.05, 0.1) is 22.2 Å². The number of aromatic nitrogens is 3. The summed E-state index contributed by atoms with van der Waals surface area (Å²) in [6.07, 6.45) is 1.90. The highest BCUT2D eigenvalue weighted by molar-refractivity contribution is 6.12. The van der Waals surface area contributed by atoms with E-state index in [1.165, 1.54) is 71.7 Å². The molecule has 1 aliphatic rings. The molecule has 41 heavy (non-hydrogen) atoms. The summed E-state index contributed by atoms with van der Waals surface area (Å²) >= 11 is 0. The van der Waals surface area contributed by atoms with Crippen LogP contribution in [0.4, 0.5) is 0 Å². The molecular formula is C38H27N3. The standard InChI is InChI=1S/C38H27N3/c1-38(2)31-13-5-8-16-35(31)41-36-30(29-12-9-21-39-37(29)41)22-25(23-32(36)38)24-17-19-26(20-18-24)40-33-14-6-3-10-27(33)28-11-4-7-15-34(28)40/h3-23H,1-2H3. The molecule has 3 aromatic heterocycles. The molecule has 194 valence electrons. The lowest BCUT2D eigenvalue weighted by Crippen LogP contribution is -2.26. The van der Waals surface area contributed by atoms with Crippen molar-refractivity contribution in [2.24, 2.45) is 0 Å². The Bertz CT molecular complexity index is 2280. The predicted octanol–water partition coefficient (Wildman–Crippen LogP) is 9.58. The monoisotopic (exact) mass is 525 g/mol. The minimum Gasteiger partial charge on any atom is -0.309 e. The van der Waals surface area contributed by atoms with Gasteiger partial charge in [-0.05, 0) is 76.9 Å². The molecule has 0 aliphatic carbocycles. The molecule has 3 heteroatoms. The fourth-order valence-corrected chi connectivity index (χ4v) is 7.20. The van der Waals surface area contributed by atoms with Crippen molar-refractivity contribution in [2.45, 2.75) is 19.3 Å². The van der Waals surface area contributed by atoms with Crippen LogP contribution in [-0.4, -0.2) is 14.1 Å². The van der Waals surface area contributed by atoms with Crippen LogP contribution in [0.1, 0.15) is 25.0 Å². The predicted molar refractivity (Wildman–Crippen MR) is 170 cm³/mol. The molecule has 0 amide bonds. The number of benzene rings is 5. The van der Waals surface area contributed by atoms with Gasteiger partial charge >= 0.3 is 0 Å². The molecule has 0 N–H and O–H groups in total. The lowest BCUT2D eigenvalue weighted by Gasteiger charge is -2.34. The van der Waals surface area contributed by atoms with Crippen molar-refractivity contribution in [3.8, 4) is 22.5 Å². The molecule has 4 heterocycles. The van der Waals surface area contributed by atoms with E-state index in [9.17, 15) is 0 Å². The Morgan fingerprint density at radius 2 is 1.20 bits per heavy atom. The molecule has 0 spiro atoms. The third-order valence-corrected chi connectivity index (χ3v) is 9.15. The van der Waals surface area contributed by atoms with Gasteiger partial charge in [0.15, 0.2) is 0 Å². The topological polar surface area (TPSA) is 22.8 Å². The van der Waals surface area contributed by atoms with Gasteiger partial charge in [0.2, 0.25) is 0 Å². The summed E-state index contributed by atoms with van der Waals surface area (Å²) < 4.78 is 4.75. The van der Waals surface area contributed by atoms with Crippen LogP contribution in [0.2, 0.25) is 0 Å². The first kappa shape index (κ1) is 22.6. The molecule has 1 aliphatic heterocycles. The summed E-state index contributed by atoms with van der Waals surface area (Å²) in [5.41, 5.74) is 12.1. The Morgan fingerprint density at radius 1 is 0.537 bits per heavy atom. The first-order valence-electron chi connectivity index (χ1n) is 14.2. The molecule has 0 radical (unpaired) electrons. The minimum atomic E-state index is -0.141. The molecule has 5 aromatic carbocycles. The molecule has 9 rings (SSSR count). The second-order valence-corrected chi connectivity index (χ2v) is 11.7. The second kappa shape index (κ2) is 7.96. The van der Waals surface area contributed by atoms with Gasteiger partial charge in [0, 0.05) is 38.8 Å². The highest BCUT2D eigenvalue weighted by Crippen LogP contribution is 2.48.